The molecule has 0 saturated heterocycles. The van der Waals surface area contributed by atoms with E-state index in [2.05, 4.69) is 13.0 Å². The monoisotopic (exact) mass is 240 g/mol. The first-order valence-corrected chi connectivity index (χ1v) is 6.54. The summed E-state index contributed by atoms with van der Waals surface area (Å²) < 4.78 is 11.0. The fourth-order valence-corrected chi connectivity index (χ4v) is 1.81. The van der Waals surface area contributed by atoms with E-state index in [1.54, 1.807) is 6.92 Å². The zero-order chi connectivity index (χ0) is 12.8. The van der Waals surface area contributed by atoms with Gasteiger partial charge in [-0.05, 0) is 40.0 Å². The van der Waals surface area contributed by atoms with Crippen LogP contribution in [0.15, 0.2) is 11.6 Å². The molecule has 0 spiro atoms. The van der Waals surface area contributed by atoms with Crippen LogP contribution in [-0.2, 0) is 14.3 Å². The van der Waals surface area contributed by atoms with E-state index in [1.165, 1.54) is 5.57 Å². The van der Waals surface area contributed by atoms with E-state index in [1.807, 2.05) is 13.8 Å². The molecular weight excluding hydrogens is 216 g/mol. The largest absolute Gasteiger partial charge is 0.460 e. The standard InChI is InChI=1S/C14H24O3/c1-5-11(3)16-12(4)14(15)17-13-8-6-10(2)7-9-13/h6,11-13H,5,7-9H2,1-4H3. The van der Waals surface area contributed by atoms with Gasteiger partial charge in [0, 0.05) is 6.42 Å². The predicted molar refractivity (Wildman–Crippen MR) is 67.8 cm³/mol. The van der Waals surface area contributed by atoms with Gasteiger partial charge in [0.25, 0.3) is 0 Å². The lowest BCUT2D eigenvalue weighted by Gasteiger charge is -2.23. The number of carbonyl (C=O) groups is 1. The van der Waals surface area contributed by atoms with E-state index >= 15 is 0 Å². The van der Waals surface area contributed by atoms with Gasteiger partial charge in [-0.3, -0.25) is 0 Å². The van der Waals surface area contributed by atoms with Crippen LogP contribution in [0.25, 0.3) is 0 Å². The van der Waals surface area contributed by atoms with Crippen LogP contribution in [0.4, 0.5) is 0 Å². The molecule has 3 heteroatoms. The summed E-state index contributed by atoms with van der Waals surface area (Å²) in [6.07, 6.45) is 5.54. The zero-order valence-electron chi connectivity index (χ0n) is 11.4. The molecule has 0 N–H and O–H groups in total. The average molecular weight is 240 g/mol. The first-order chi connectivity index (χ1) is 8.02. The first-order valence-electron chi connectivity index (χ1n) is 6.54. The van der Waals surface area contributed by atoms with Crippen molar-refractivity contribution in [2.45, 2.75) is 71.7 Å². The Morgan fingerprint density at radius 3 is 2.76 bits per heavy atom. The third-order valence-electron chi connectivity index (χ3n) is 3.22. The van der Waals surface area contributed by atoms with Crippen molar-refractivity contribution in [3.8, 4) is 0 Å². The maximum Gasteiger partial charge on any atom is 0.335 e. The molecule has 0 radical (unpaired) electrons. The van der Waals surface area contributed by atoms with Gasteiger partial charge in [-0.2, -0.15) is 0 Å². The van der Waals surface area contributed by atoms with Crippen molar-refractivity contribution in [3.63, 3.8) is 0 Å². The molecule has 0 aromatic carbocycles. The van der Waals surface area contributed by atoms with E-state index in [0.29, 0.717) is 0 Å². The highest BCUT2D eigenvalue weighted by molar-refractivity contribution is 5.74. The van der Waals surface area contributed by atoms with Crippen LogP contribution in [0.5, 0.6) is 0 Å². The van der Waals surface area contributed by atoms with E-state index in [-0.39, 0.29) is 18.2 Å². The van der Waals surface area contributed by atoms with Gasteiger partial charge >= 0.3 is 5.97 Å². The highest BCUT2D eigenvalue weighted by Crippen LogP contribution is 2.20. The molecule has 98 valence electrons. The molecule has 0 bridgehead atoms. The Kier molecular flexibility index (Phi) is 5.69. The van der Waals surface area contributed by atoms with Gasteiger partial charge in [-0.25, -0.2) is 4.79 Å². The van der Waals surface area contributed by atoms with Crippen molar-refractivity contribution in [2.24, 2.45) is 0 Å². The maximum atomic E-state index is 11.8. The number of carbonyl (C=O) groups excluding carboxylic acids is 1. The molecule has 0 aromatic rings. The molecule has 0 amide bonds. The molecule has 17 heavy (non-hydrogen) atoms. The van der Waals surface area contributed by atoms with E-state index < -0.39 is 6.10 Å². The van der Waals surface area contributed by atoms with Crippen molar-refractivity contribution >= 4 is 5.97 Å². The van der Waals surface area contributed by atoms with Gasteiger partial charge in [0.15, 0.2) is 6.10 Å². The lowest BCUT2D eigenvalue weighted by atomic mass is 9.98. The van der Waals surface area contributed by atoms with E-state index in [0.717, 1.165) is 25.7 Å². The lowest BCUT2D eigenvalue weighted by Crippen LogP contribution is -2.31. The third-order valence-corrected chi connectivity index (χ3v) is 3.22. The lowest BCUT2D eigenvalue weighted by molar-refractivity contribution is -0.165. The number of rotatable bonds is 5. The molecule has 0 fully saturated rings. The predicted octanol–water partition coefficient (Wildman–Crippen LogP) is 3.23. The van der Waals surface area contributed by atoms with Crippen LogP contribution in [0.2, 0.25) is 0 Å². The van der Waals surface area contributed by atoms with Gasteiger partial charge in [-0.15, -0.1) is 0 Å². The summed E-state index contributed by atoms with van der Waals surface area (Å²) in [5, 5.41) is 0. The normalized spacial score (nSPS) is 23.8. The Hall–Kier alpha value is -0.830. The molecule has 0 heterocycles. The molecular formula is C14H24O3. The summed E-state index contributed by atoms with van der Waals surface area (Å²) in [4.78, 5) is 11.8. The summed E-state index contributed by atoms with van der Waals surface area (Å²) in [6.45, 7) is 7.89. The smallest absolute Gasteiger partial charge is 0.335 e. The minimum atomic E-state index is -0.461. The second-order valence-corrected chi connectivity index (χ2v) is 4.88. The Balaban J connectivity index is 2.33. The van der Waals surface area contributed by atoms with Gasteiger partial charge in [0.1, 0.15) is 6.10 Å². The Morgan fingerprint density at radius 2 is 2.24 bits per heavy atom. The van der Waals surface area contributed by atoms with Crippen molar-refractivity contribution in [1.29, 1.82) is 0 Å². The molecule has 0 saturated carbocycles. The van der Waals surface area contributed by atoms with Crippen molar-refractivity contribution in [2.75, 3.05) is 0 Å². The first kappa shape index (κ1) is 14.2. The number of ether oxygens (including phenoxy) is 2. The summed E-state index contributed by atoms with van der Waals surface area (Å²) in [6, 6.07) is 0. The van der Waals surface area contributed by atoms with Gasteiger partial charge in [-0.1, -0.05) is 18.6 Å². The van der Waals surface area contributed by atoms with Crippen LogP contribution in [-0.4, -0.2) is 24.3 Å². The molecule has 0 aromatic heterocycles. The van der Waals surface area contributed by atoms with Crippen LogP contribution in [0.1, 0.15) is 53.4 Å². The summed E-state index contributed by atoms with van der Waals surface area (Å²) in [7, 11) is 0. The van der Waals surface area contributed by atoms with Crippen LogP contribution in [0.3, 0.4) is 0 Å². The molecule has 3 nitrogen and oxygen atoms in total. The number of hydrogen-bond donors (Lipinski definition) is 0. The quantitative estimate of drug-likeness (QED) is 0.546. The highest BCUT2D eigenvalue weighted by Gasteiger charge is 2.22. The molecule has 1 aliphatic carbocycles. The van der Waals surface area contributed by atoms with Gasteiger partial charge in [0.2, 0.25) is 0 Å². The zero-order valence-corrected chi connectivity index (χ0v) is 11.4. The number of hydrogen-bond acceptors (Lipinski definition) is 3. The molecule has 3 atom stereocenters. The van der Waals surface area contributed by atoms with E-state index in [4.69, 9.17) is 9.47 Å². The SMILES string of the molecule is CCC(C)OC(C)C(=O)OC1CC=C(C)CC1. The second-order valence-electron chi connectivity index (χ2n) is 4.88. The Labute approximate surface area is 104 Å². The van der Waals surface area contributed by atoms with Crippen LogP contribution in [0, 0.1) is 0 Å². The van der Waals surface area contributed by atoms with Crippen LogP contribution >= 0.6 is 0 Å². The van der Waals surface area contributed by atoms with Crippen molar-refractivity contribution in [3.05, 3.63) is 11.6 Å². The molecule has 1 aliphatic rings. The molecule has 1 rings (SSSR count). The van der Waals surface area contributed by atoms with E-state index in [9.17, 15) is 4.79 Å². The van der Waals surface area contributed by atoms with Crippen molar-refractivity contribution in [1.82, 2.24) is 0 Å². The summed E-state index contributed by atoms with van der Waals surface area (Å²) in [5.41, 5.74) is 1.39. The highest BCUT2D eigenvalue weighted by atomic mass is 16.6. The average Bonchev–Trinajstić information content (AvgIpc) is 2.31. The van der Waals surface area contributed by atoms with Gasteiger partial charge < -0.3 is 9.47 Å². The second kappa shape index (κ2) is 6.80. The molecule has 3 unspecified atom stereocenters. The van der Waals surface area contributed by atoms with Gasteiger partial charge in [0.05, 0.1) is 6.10 Å². The minimum Gasteiger partial charge on any atom is -0.460 e. The fourth-order valence-electron chi connectivity index (χ4n) is 1.81. The number of allylic oxidation sites excluding steroid dienone is 1. The van der Waals surface area contributed by atoms with Crippen molar-refractivity contribution < 1.29 is 14.3 Å². The minimum absolute atomic E-state index is 0.0363. The maximum absolute atomic E-state index is 11.8. The third kappa shape index (κ3) is 4.90. The number of esters is 1. The Morgan fingerprint density at radius 1 is 1.53 bits per heavy atom. The topological polar surface area (TPSA) is 35.5 Å². The van der Waals surface area contributed by atoms with Crippen LogP contribution < -0.4 is 0 Å². The summed E-state index contributed by atoms with van der Waals surface area (Å²) in [5.74, 6) is -0.233. The fraction of sp³-hybridized carbons (Fsp3) is 0.786. The Bertz CT molecular complexity index is 283. The molecule has 0 aliphatic heterocycles. The summed E-state index contributed by atoms with van der Waals surface area (Å²) >= 11 is 0.